The van der Waals surface area contributed by atoms with E-state index in [0.29, 0.717) is 11.5 Å². The highest BCUT2D eigenvalue weighted by molar-refractivity contribution is 9.10. The zero-order chi connectivity index (χ0) is 13.8. The molecule has 1 aliphatic rings. The minimum Gasteiger partial charge on any atom is -0.374 e. The molecule has 3 N–H and O–H groups in total. The van der Waals surface area contributed by atoms with E-state index in [1.165, 1.54) is 12.8 Å². The molecule has 1 unspecified atom stereocenters. The third-order valence-electron chi connectivity index (χ3n) is 3.59. The van der Waals surface area contributed by atoms with Crippen molar-refractivity contribution in [2.75, 3.05) is 31.6 Å². The molecule has 1 aromatic rings. The zero-order valence-corrected chi connectivity index (χ0v) is 12.7. The fourth-order valence-electron chi connectivity index (χ4n) is 2.51. The number of anilines is 1. The van der Waals surface area contributed by atoms with Crippen molar-refractivity contribution in [3.05, 3.63) is 28.2 Å². The van der Waals surface area contributed by atoms with Gasteiger partial charge in [-0.25, -0.2) is 0 Å². The summed E-state index contributed by atoms with van der Waals surface area (Å²) in [5.74, 6) is 0.283. The van der Waals surface area contributed by atoms with Crippen molar-refractivity contribution in [2.24, 2.45) is 11.7 Å². The molecule has 1 aromatic carbocycles. The Hall–Kier alpha value is -1.07. The average molecular weight is 326 g/mol. The van der Waals surface area contributed by atoms with E-state index in [0.717, 1.165) is 29.8 Å². The molecule has 1 fully saturated rings. The van der Waals surface area contributed by atoms with Gasteiger partial charge in [-0.15, -0.1) is 0 Å². The summed E-state index contributed by atoms with van der Waals surface area (Å²) >= 11 is 3.40. The van der Waals surface area contributed by atoms with Crippen molar-refractivity contribution in [3.8, 4) is 0 Å². The van der Waals surface area contributed by atoms with Crippen LogP contribution in [-0.4, -0.2) is 32.6 Å². The Balaban J connectivity index is 2.04. The van der Waals surface area contributed by atoms with Crippen LogP contribution in [-0.2, 0) is 0 Å². The molecule has 1 aliphatic heterocycles. The molecular weight excluding hydrogens is 306 g/mol. The van der Waals surface area contributed by atoms with Gasteiger partial charge in [0.25, 0.3) is 0 Å². The van der Waals surface area contributed by atoms with Crippen LogP contribution in [0.4, 0.5) is 5.69 Å². The number of carbonyl (C=O) groups is 1. The molecule has 19 heavy (non-hydrogen) atoms. The maximum atomic E-state index is 11.2. The van der Waals surface area contributed by atoms with Crippen molar-refractivity contribution in [3.63, 3.8) is 0 Å². The highest BCUT2D eigenvalue weighted by Gasteiger charge is 2.16. The molecule has 0 spiro atoms. The van der Waals surface area contributed by atoms with Gasteiger partial charge < -0.3 is 16.0 Å². The molecule has 4 nitrogen and oxygen atoms in total. The molecule has 104 valence electrons. The Bertz CT molecular complexity index is 458. The van der Waals surface area contributed by atoms with E-state index in [2.05, 4.69) is 33.2 Å². The van der Waals surface area contributed by atoms with Crippen LogP contribution in [0.1, 0.15) is 23.2 Å². The van der Waals surface area contributed by atoms with Gasteiger partial charge in [-0.05, 0) is 66.0 Å². The predicted octanol–water partition coefficient (Wildman–Crippen LogP) is 1.98. The molecule has 0 saturated carbocycles. The second-order valence-electron chi connectivity index (χ2n) is 5.12. The van der Waals surface area contributed by atoms with Crippen LogP contribution >= 0.6 is 15.9 Å². The van der Waals surface area contributed by atoms with E-state index in [1.807, 2.05) is 12.1 Å². The first-order valence-corrected chi connectivity index (χ1v) is 7.38. The lowest BCUT2D eigenvalue weighted by atomic mass is 9.99. The summed E-state index contributed by atoms with van der Waals surface area (Å²) in [4.78, 5) is 13.4. The van der Waals surface area contributed by atoms with Crippen LogP contribution < -0.4 is 16.0 Å². The number of hydrogen-bond acceptors (Lipinski definition) is 3. The van der Waals surface area contributed by atoms with Crippen LogP contribution in [0, 0.1) is 5.92 Å². The summed E-state index contributed by atoms with van der Waals surface area (Å²) < 4.78 is 0.756. The first kappa shape index (κ1) is 14.3. The number of carbonyl (C=O) groups excluding carboxylic acids is 1. The first-order valence-electron chi connectivity index (χ1n) is 6.59. The number of amides is 1. The van der Waals surface area contributed by atoms with Crippen LogP contribution in [0.3, 0.4) is 0 Å². The van der Waals surface area contributed by atoms with E-state index < -0.39 is 5.91 Å². The number of halogens is 1. The van der Waals surface area contributed by atoms with Crippen LogP contribution in [0.2, 0.25) is 0 Å². The Morgan fingerprint density at radius 3 is 2.95 bits per heavy atom. The number of hydrogen-bond donors (Lipinski definition) is 2. The van der Waals surface area contributed by atoms with Gasteiger partial charge >= 0.3 is 0 Å². The SMILES string of the molecule is CN(CC1CCCNC1)c1ccc(C(N)=O)c(Br)c1. The van der Waals surface area contributed by atoms with Crippen molar-refractivity contribution >= 4 is 27.5 Å². The normalized spacial score (nSPS) is 19.2. The van der Waals surface area contributed by atoms with Gasteiger partial charge in [0.05, 0.1) is 5.56 Å². The number of benzene rings is 1. The van der Waals surface area contributed by atoms with Gasteiger partial charge in [0.2, 0.25) is 5.91 Å². The summed E-state index contributed by atoms with van der Waals surface area (Å²) in [5, 5.41) is 3.43. The summed E-state index contributed by atoms with van der Waals surface area (Å²) in [6, 6.07) is 5.68. The monoisotopic (exact) mass is 325 g/mol. The van der Waals surface area contributed by atoms with Crippen molar-refractivity contribution < 1.29 is 4.79 Å². The summed E-state index contributed by atoms with van der Waals surface area (Å²) in [5.41, 5.74) is 6.92. The predicted molar refractivity (Wildman–Crippen MR) is 81.5 cm³/mol. The fraction of sp³-hybridized carbons (Fsp3) is 0.500. The highest BCUT2D eigenvalue weighted by atomic mass is 79.9. The van der Waals surface area contributed by atoms with Gasteiger partial charge in [0.1, 0.15) is 0 Å². The molecule has 1 heterocycles. The zero-order valence-electron chi connectivity index (χ0n) is 11.2. The number of primary amides is 1. The third-order valence-corrected chi connectivity index (χ3v) is 4.25. The Morgan fingerprint density at radius 1 is 1.58 bits per heavy atom. The number of rotatable bonds is 4. The number of nitrogens with one attached hydrogen (secondary N) is 1. The summed E-state index contributed by atoms with van der Waals surface area (Å²) in [6.45, 7) is 3.25. The number of nitrogens with zero attached hydrogens (tertiary/aromatic N) is 1. The molecule has 1 amide bonds. The Labute approximate surface area is 122 Å². The average Bonchev–Trinajstić information content (AvgIpc) is 2.39. The summed E-state index contributed by atoms with van der Waals surface area (Å²) in [7, 11) is 2.08. The number of piperidine rings is 1. The van der Waals surface area contributed by atoms with Gasteiger partial charge in [-0.2, -0.15) is 0 Å². The standard InChI is InChI=1S/C14H20BrN3O/c1-18(9-10-3-2-6-17-8-10)11-4-5-12(14(16)19)13(15)7-11/h4-5,7,10,17H,2-3,6,8-9H2,1H3,(H2,16,19). The molecule has 1 saturated heterocycles. The third kappa shape index (κ3) is 3.70. The maximum absolute atomic E-state index is 11.2. The topological polar surface area (TPSA) is 58.4 Å². The van der Waals surface area contributed by atoms with Crippen LogP contribution in [0.15, 0.2) is 22.7 Å². The molecule has 0 aliphatic carbocycles. The lowest BCUT2D eigenvalue weighted by molar-refractivity contribution is 0.0999. The smallest absolute Gasteiger partial charge is 0.249 e. The fourth-order valence-corrected chi connectivity index (χ4v) is 3.08. The van der Waals surface area contributed by atoms with E-state index >= 15 is 0 Å². The molecule has 5 heteroatoms. The quantitative estimate of drug-likeness (QED) is 0.890. The molecule has 0 bridgehead atoms. The molecule has 2 rings (SSSR count). The maximum Gasteiger partial charge on any atom is 0.249 e. The van der Waals surface area contributed by atoms with Crippen LogP contribution in [0.5, 0.6) is 0 Å². The van der Waals surface area contributed by atoms with E-state index in [1.54, 1.807) is 6.07 Å². The minimum atomic E-state index is -0.405. The van der Waals surface area contributed by atoms with Gasteiger partial charge in [-0.1, -0.05) is 0 Å². The lowest BCUT2D eigenvalue weighted by Crippen LogP contribution is -2.36. The van der Waals surface area contributed by atoms with Gasteiger partial charge in [0, 0.05) is 23.8 Å². The molecule has 1 atom stereocenters. The minimum absolute atomic E-state index is 0.405. The lowest BCUT2D eigenvalue weighted by Gasteiger charge is -2.29. The molecular formula is C14H20BrN3O. The summed E-state index contributed by atoms with van der Waals surface area (Å²) in [6.07, 6.45) is 2.53. The van der Waals surface area contributed by atoms with Gasteiger partial charge in [0.15, 0.2) is 0 Å². The van der Waals surface area contributed by atoms with Gasteiger partial charge in [-0.3, -0.25) is 4.79 Å². The van der Waals surface area contributed by atoms with E-state index in [4.69, 9.17) is 5.73 Å². The van der Waals surface area contributed by atoms with E-state index in [-0.39, 0.29) is 0 Å². The second kappa shape index (κ2) is 6.39. The molecule has 0 radical (unpaired) electrons. The number of nitrogens with two attached hydrogens (primary N) is 1. The van der Waals surface area contributed by atoms with Crippen molar-refractivity contribution in [1.29, 1.82) is 0 Å². The second-order valence-corrected chi connectivity index (χ2v) is 5.98. The van der Waals surface area contributed by atoms with Crippen molar-refractivity contribution in [1.82, 2.24) is 5.32 Å². The molecule has 0 aromatic heterocycles. The van der Waals surface area contributed by atoms with Crippen LogP contribution in [0.25, 0.3) is 0 Å². The van der Waals surface area contributed by atoms with E-state index in [9.17, 15) is 4.79 Å². The first-order chi connectivity index (χ1) is 9.08. The highest BCUT2D eigenvalue weighted by Crippen LogP contribution is 2.24. The Morgan fingerprint density at radius 2 is 2.37 bits per heavy atom. The largest absolute Gasteiger partial charge is 0.374 e. The van der Waals surface area contributed by atoms with Crippen molar-refractivity contribution in [2.45, 2.75) is 12.8 Å². The Kier molecular flexibility index (Phi) is 4.82.